The van der Waals surface area contributed by atoms with Gasteiger partial charge in [0.2, 0.25) is 0 Å². The van der Waals surface area contributed by atoms with Crippen LogP contribution in [0.25, 0.3) is 16.6 Å². The number of nitrogens with one attached hydrogen (secondary N) is 2. The standard InChI is InChI=1S/C21H22ClN5O/c1-10-6-15(18-16(7-10)13(4)14(5)25-18)9-23-21(28)19-17(22)20-24-11(2)8-12(3)27(20)26-19/h6-8,25H,9H2,1-5H3,(H,23,28). The van der Waals surface area contributed by atoms with Gasteiger partial charge in [-0.15, -0.1) is 0 Å². The lowest BCUT2D eigenvalue weighted by Gasteiger charge is -2.07. The topological polar surface area (TPSA) is 75.1 Å². The minimum atomic E-state index is -0.317. The van der Waals surface area contributed by atoms with Gasteiger partial charge >= 0.3 is 0 Å². The lowest BCUT2D eigenvalue weighted by Crippen LogP contribution is -2.24. The van der Waals surface area contributed by atoms with Crippen LogP contribution in [0.3, 0.4) is 0 Å². The molecule has 0 radical (unpaired) electrons. The Kier molecular flexibility index (Phi) is 4.38. The Balaban J connectivity index is 1.66. The molecule has 6 nitrogen and oxygen atoms in total. The van der Waals surface area contributed by atoms with Gasteiger partial charge in [0.05, 0.1) is 5.52 Å². The van der Waals surface area contributed by atoms with Gasteiger partial charge in [-0.3, -0.25) is 4.79 Å². The zero-order valence-electron chi connectivity index (χ0n) is 16.6. The Morgan fingerprint density at radius 2 is 1.93 bits per heavy atom. The quantitative estimate of drug-likeness (QED) is 0.542. The number of nitrogens with zero attached hydrogens (tertiary/aromatic N) is 3. The minimum absolute atomic E-state index is 0.186. The molecule has 7 heteroatoms. The van der Waals surface area contributed by atoms with Crippen molar-refractivity contribution in [3.63, 3.8) is 0 Å². The maximum absolute atomic E-state index is 12.8. The molecule has 4 rings (SSSR count). The summed E-state index contributed by atoms with van der Waals surface area (Å²) in [6.45, 7) is 10.4. The minimum Gasteiger partial charge on any atom is -0.358 e. The summed E-state index contributed by atoms with van der Waals surface area (Å²) in [6, 6.07) is 6.14. The van der Waals surface area contributed by atoms with E-state index in [1.165, 1.54) is 10.9 Å². The van der Waals surface area contributed by atoms with Gasteiger partial charge in [0.25, 0.3) is 5.91 Å². The van der Waals surface area contributed by atoms with E-state index in [9.17, 15) is 4.79 Å². The van der Waals surface area contributed by atoms with Gasteiger partial charge in [-0.1, -0.05) is 23.2 Å². The van der Waals surface area contributed by atoms with Gasteiger partial charge in [0.15, 0.2) is 11.3 Å². The smallest absolute Gasteiger partial charge is 0.273 e. The van der Waals surface area contributed by atoms with Crippen molar-refractivity contribution in [3.05, 3.63) is 62.7 Å². The molecule has 0 spiro atoms. The monoisotopic (exact) mass is 395 g/mol. The number of aromatic nitrogens is 4. The number of H-pyrrole nitrogens is 1. The number of aromatic amines is 1. The fourth-order valence-corrected chi connectivity index (χ4v) is 3.87. The van der Waals surface area contributed by atoms with Crippen LogP contribution < -0.4 is 5.32 Å². The predicted octanol–water partition coefficient (Wildman–Crippen LogP) is 4.34. The predicted molar refractivity (Wildman–Crippen MR) is 111 cm³/mol. The average Bonchev–Trinajstić information content (AvgIpc) is 3.11. The molecule has 3 aromatic heterocycles. The molecule has 0 atom stereocenters. The molecule has 0 unspecified atom stereocenters. The fraction of sp³-hybridized carbons (Fsp3) is 0.286. The van der Waals surface area contributed by atoms with Gasteiger partial charge in [-0.25, -0.2) is 9.50 Å². The largest absolute Gasteiger partial charge is 0.358 e. The highest BCUT2D eigenvalue weighted by molar-refractivity contribution is 6.36. The highest BCUT2D eigenvalue weighted by Crippen LogP contribution is 2.26. The van der Waals surface area contributed by atoms with Crippen LogP contribution >= 0.6 is 11.6 Å². The molecule has 3 heterocycles. The molecule has 0 saturated heterocycles. The Morgan fingerprint density at radius 1 is 1.18 bits per heavy atom. The van der Waals surface area contributed by atoms with E-state index in [1.807, 2.05) is 19.9 Å². The lowest BCUT2D eigenvalue weighted by atomic mass is 10.0. The molecule has 4 aromatic rings. The number of carbonyl (C=O) groups excluding carboxylic acids is 1. The first-order valence-corrected chi connectivity index (χ1v) is 9.53. The first kappa shape index (κ1) is 18.5. The average molecular weight is 396 g/mol. The van der Waals surface area contributed by atoms with Crippen LogP contribution in [-0.2, 0) is 6.54 Å². The molecule has 0 aliphatic carbocycles. The van der Waals surface area contributed by atoms with E-state index in [2.05, 4.69) is 53.3 Å². The summed E-state index contributed by atoms with van der Waals surface area (Å²) < 4.78 is 1.60. The van der Waals surface area contributed by atoms with E-state index in [4.69, 9.17) is 11.6 Å². The molecule has 144 valence electrons. The number of fused-ring (bicyclic) bond motifs is 2. The Hall–Kier alpha value is -2.86. The Morgan fingerprint density at radius 3 is 2.68 bits per heavy atom. The Labute approximate surface area is 167 Å². The second-order valence-corrected chi connectivity index (χ2v) is 7.72. The third-order valence-corrected chi connectivity index (χ3v) is 5.48. The van der Waals surface area contributed by atoms with Crippen LogP contribution in [-0.4, -0.2) is 25.5 Å². The summed E-state index contributed by atoms with van der Waals surface area (Å²) in [5.74, 6) is -0.317. The highest BCUT2D eigenvalue weighted by atomic mass is 35.5. The maximum Gasteiger partial charge on any atom is 0.273 e. The van der Waals surface area contributed by atoms with Crippen molar-refractivity contribution in [1.82, 2.24) is 24.9 Å². The number of benzene rings is 1. The van der Waals surface area contributed by atoms with E-state index in [1.54, 1.807) is 4.52 Å². The van der Waals surface area contributed by atoms with Crippen LogP contribution in [0.2, 0.25) is 5.02 Å². The Bertz CT molecular complexity index is 1250. The number of rotatable bonds is 3. The van der Waals surface area contributed by atoms with Crippen molar-refractivity contribution in [2.75, 3.05) is 0 Å². The number of halogens is 1. The molecular formula is C21H22ClN5O. The first-order valence-electron chi connectivity index (χ1n) is 9.15. The summed E-state index contributed by atoms with van der Waals surface area (Å²) in [4.78, 5) is 20.6. The van der Waals surface area contributed by atoms with Crippen LogP contribution in [0.1, 0.15) is 44.3 Å². The van der Waals surface area contributed by atoms with Crippen LogP contribution in [0.4, 0.5) is 0 Å². The number of hydrogen-bond acceptors (Lipinski definition) is 3. The second-order valence-electron chi connectivity index (χ2n) is 7.34. The van der Waals surface area contributed by atoms with E-state index >= 15 is 0 Å². The molecule has 0 aliphatic heterocycles. The number of hydrogen-bond donors (Lipinski definition) is 2. The molecule has 0 saturated carbocycles. The van der Waals surface area contributed by atoms with Crippen molar-refractivity contribution < 1.29 is 4.79 Å². The summed E-state index contributed by atoms with van der Waals surface area (Å²) >= 11 is 6.41. The first-order chi connectivity index (χ1) is 13.3. The van der Waals surface area contributed by atoms with Crippen LogP contribution in [0.5, 0.6) is 0 Å². The van der Waals surface area contributed by atoms with Crippen LogP contribution in [0.15, 0.2) is 18.2 Å². The van der Waals surface area contributed by atoms with Gasteiger partial charge in [-0.2, -0.15) is 5.10 Å². The number of amides is 1. The molecular weight excluding hydrogens is 374 g/mol. The molecule has 1 aromatic carbocycles. The van der Waals surface area contributed by atoms with Gasteiger partial charge in [0, 0.05) is 29.0 Å². The number of carbonyl (C=O) groups is 1. The van der Waals surface area contributed by atoms with Gasteiger partial charge in [-0.05, 0) is 57.9 Å². The van der Waals surface area contributed by atoms with E-state index in [0.29, 0.717) is 12.2 Å². The van der Waals surface area contributed by atoms with Gasteiger partial charge < -0.3 is 10.3 Å². The van der Waals surface area contributed by atoms with Crippen LogP contribution in [0, 0.1) is 34.6 Å². The molecule has 28 heavy (non-hydrogen) atoms. The molecule has 1 amide bonds. The van der Waals surface area contributed by atoms with Crippen molar-refractivity contribution >= 4 is 34.1 Å². The fourth-order valence-electron chi connectivity index (χ4n) is 3.63. The molecule has 0 aliphatic rings. The van der Waals surface area contributed by atoms with Crippen molar-refractivity contribution in [1.29, 1.82) is 0 Å². The van der Waals surface area contributed by atoms with E-state index in [-0.39, 0.29) is 16.6 Å². The maximum atomic E-state index is 12.8. The van der Waals surface area contributed by atoms with E-state index < -0.39 is 0 Å². The van der Waals surface area contributed by atoms with Crippen molar-refractivity contribution in [3.8, 4) is 0 Å². The summed E-state index contributed by atoms with van der Waals surface area (Å²) in [6.07, 6.45) is 0. The van der Waals surface area contributed by atoms with Crippen molar-refractivity contribution in [2.45, 2.75) is 41.2 Å². The lowest BCUT2D eigenvalue weighted by molar-refractivity contribution is 0.0946. The third-order valence-electron chi connectivity index (χ3n) is 5.14. The SMILES string of the molecule is Cc1cc(CNC(=O)c2nn3c(C)cc(C)nc3c2Cl)c2[nH]c(C)c(C)c2c1. The molecule has 0 fully saturated rings. The third kappa shape index (κ3) is 2.94. The van der Waals surface area contributed by atoms with Gasteiger partial charge in [0.1, 0.15) is 5.02 Å². The summed E-state index contributed by atoms with van der Waals surface area (Å²) in [7, 11) is 0. The zero-order valence-corrected chi connectivity index (χ0v) is 17.3. The number of aryl methyl sites for hydroxylation is 5. The van der Waals surface area contributed by atoms with E-state index in [0.717, 1.165) is 33.7 Å². The van der Waals surface area contributed by atoms with Crippen molar-refractivity contribution in [2.24, 2.45) is 0 Å². The normalized spacial score (nSPS) is 11.5. The zero-order chi connectivity index (χ0) is 20.2. The molecule has 0 bridgehead atoms. The highest BCUT2D eigenvalue weighted by Gasteiger charge is 2.20. The second kappa shape index (κ2) is 6.63. The summed E-state index contributed by atoms with van der Waals surface area (Å²) in [5.41, 5.74) is 7.99. The molecule has 2 N–H and O–H groups in total. The summed E-state index contributed by atoms with van der Waals surface area (Å²) in [5, 5.41) is 8.77.